The van der Waals surface area contributed by atoms with Crippen LogP contribution in [0.1, 0.15) is 11.1 Å². The molecule has 2 nitrogen and oxygen atoms in total. The van der Waals surface area contributed by atoms with Crippen LogP contribution in [-0.2, 0) is 12.7 Å². The average Bonchev–Trinajstić information content (AvgIpc) is 2.02. The van der Waals surface area contributed by atoms with E-state index >= 15 is 0 Å². The Morgan fingerprint density at radius 2 is 1.86 bits per heavy atom. The Bertz CT molecular complexity index is 322. The van der Waals surface area contributed by atoms with Gasteiger partial charge < -0.3 is 0 Å². The highest BCUT2D eigenvalue weighted by atomic mass is 19.4. The third-order valence-electron chi connectivity index (χ3n) is 1.59. The van der Waals surface area contributed by atoms with E-state index in [0.717, 1.165) is 12.1 Å². The fourth-order valence-corrected chi connectivity index (χ4v) is 1.03. The molecule has 0 amide bonds. The van der Waals surface area contributed by atoms with Gasteiger partial charge in [0.1, 0.15) is 5.82 Å². The normalized spacial score (nSPS) is 11.8. The molecule has 0 aliphatic rings. The van der Waals surface area contributed by atoms with Crippen LogP contribution in [0.4, 0.5) is 17.6 Å². The van der Waals surface area contributed by atoms with E-state index in [4.69, 9.17) is 5.84 Å². The molecule has 3 N–H and O–H groups in total. The van der Waals surface area contributed by atoms with Gasteiger partial charge in [0.2, 0.25) is 0 Å². The Hall–Kier alpha value is -1.14. The van der Waals surface area contributed by atoms with E-state index in [2.05, 4.69) is 5.43 Å². The van der Waals surface area contributed by atoms with Gasteiger partial charge in [0, 0.05) is 6.54 Å². The first kappa shape index (κ1) is 10.9. The Labute approximate surface area is 77.7 Å². The molecule has 14 heavy (non-hydrogen) atoms. The highest BCUT2D eigenvalue weighted by Gasteiger charge is 2.31. The molecule has 0 aromatic heterocycles. The zero-order chi connectivity index (χ0) is 10.8. The summed E-state index contributed by atoms with van der Waals surface area (Å²) in [6, 6.07) is 2.29. The fourth-order valence-electron chi connectivity index (χ4n) is 1.03. The lowest BCUT2D eigenvalue weighted by Gasteiger charge is -2.08. The number of nitrogens with two attached hydrogens (primary N) is 1. The molecule has 1 aromatic carbocycles. The van der Waals surface area contributed by atoms with E-state index < -0.39 is 17.6 Å². The minimum absolute atomic E-state index is 0.0131. The molecule has 0 saturated heterocycles. The molecule has 0 fully saturated rings. The van der Waals surface area contributed by atoms with Crippen LogP contribution in [0.2, 0.25) is 0 Å². The zero-order valence-electron chi connectivity index (χ0n) is 7.03. The number of hydrogen-bond acceptors (Lipinski definition) is 2. The number of alkyl halides is 3. The van der Waals surface area contributed by atoms with E-state index in [0.29, 0.717) is 6.07 Å². The first-order valence-corrected chi connectivity index (χ1v) is 3.73. The molecule has 0 heterocycles. The highest BCUT2D eigenvalue weighted by molar-refractivity contribution is 5.26. The number of nitrogens with one attached hydrogen (secondary N) is 1. The maximum Gasteiger partial charge on any atom is 0.416 e. The average molecular weight is 208 g/mol. The van der Waals surface area contributed by atoms with E-state index in [9.17, 15) is 17.6 Å². The molecule has 0 bridgehead atoms. The maximum absolute atomic E-state index is 12.7. The van der Waals surface area contributed by atoms with Gasteiger partial charge in [-0.05, 0) is 23.8 Å². The van der Waals surface area contributed by atoms with Crippen molar-refractivity contribution in [2.45, 2.75) is 12.7 Å². The van der Waals surface area contributed by atoms with Crippen molar-refractivity contribution >= 4 is 0 Å². The molecule has 0 aliphatic carbocycles. The zero-order valence-corrected chi connectivity index (χ0v) is 7.03. The summed E-state index contributed by atoms with van der Waals surface area (Å²) in [4.78, 5) is 0. The second-order valence-corrected chi connectivity index (χ2v) is 2.73. The summed E-state index contributed by atoms with van der Waals surface area (Å²) >= 11 is 0. The molecular weight excluding hydrogens is 200 g/mol. The lowest BCUT2D eigenvalue weighted by atomic mass is 10.1. The lowest BCUT2D eigenvalue weighted by Crippen LogP contribution is -2.21. The van der Waals surface area contributed by atoms with Gasteiger partial charge in [0.15, 0.2) is 0 Å². The van der Waals surface area contributed by atoms with Crippen molar-refractivity contribution in [3.05, 3.63) is 35.1 Å². The quantitative estimate of drug-likeness (QED) is 0.442. The van der Waals surface area contributed by atoms with E-state index in [1.165, 1.54) is 0 Å². The molecule has 78 valence electrons. The Kier molecular flexibility index (Phi) is 3.07. The predicted molar refractivity (Wildman–Crippen MR) is 42.4 cm³/mol. The van der Waals surface area contributed by atoms with Crippen molar-refractivity contribution in [3.63, 3.8) is 0 Å². The molecule has 1 aromatic rings. The molecule has 0 saturated carbocycles. The third kappa shape index (κ3) is 2.68. The first-order chi connectivity index (χ1) is 6.43. The van der Waals surface area contributed by atoms with E-state index in [1.54, 1.807) is 0 Å². The molecule has 0 unspecified atom stereocenters. The summed E-state index contributed by atoms with van der Waals surface area (Å²) in [5.41, 5.74) is 1.30. The molecule has 0 spiro atoms. The summed E-state index contributed by atoms with van der Waals surface area (Å²) in [5, 5.41) is 0. The number of benzene rings is 1. The summed E-state index contributed by atoms with van der Waals surface area (Å²) in [5.74, 6) is 3.99. The maximum atomic E-state index is 12.7. The van der Waals surface area contributed by atoms with Crippen LogP contribution in [0.25, 0.3) is 0 Å². The number of hydrazine groups is 1. The largest absolute Gasteiger partial charge is 0.416 e. The standard InChI is InChI=1S/C8H8F4N2/c9-7-2-5(4-14-13)1-6(3-7)8(10,11)12/h1-3,14H,4,13H2. The number of rotatable bonds is 2. The van der Waals surface area contributed by atoms with Crippen molar-refractivity contribution in [2.75, 3.05) is 0 Å². The van der Waals surface area contributed by atoms with Crippen LogP contribution >= 0.6 is 0 Å². The molecule has 1 rings (SSSR count). The van der Waals surface area contributed by atoms with Crippen LogP contribution in [0, 0.1) is 5.82 Å². The second-order valence-electron chi connectivity index (χ2n) is 2.73. The van der Waals surface area contributed by atoms with Gasteiger partial charge in [-0.2, -0.15) is 13.2 Å². The third-order valence-corrected chi connectivity index (χ3v) is 1.59. The van der Waals surface area contributed by atoms with Crippen molar-refractivity contribution < 1.29 is 17.6 Å². The van der Waals surface area contributed by atoms with Crippen LogP contribution in [-0.4, -0.2) is 0 Å². The molecule has 0 atom stereocenters. The highest BCUT2D eigenvalue weighted by Crippen LogP contribution is 2.30. The molecule has 0 aliphatic heterocycles. The summed E-state index contributed by atoms with van der Waals surface area (Å²) in [6.45, 7) is -0.0131. The van der Waals surface area contributed by atoms with Crippen molar-refractivity contribution in [2.24, 2.45) is 5.84 Å². The van der Waals surface area contributed by atoms with Gasteiger partial charge in [-0.3, -0.25) is 11.3 Å². The number of hydrogen-bond donors (Lipinski definition) is 2. The van der Waals surface area contributed by atoms with Crippen LogP contribution in [0.15, 0.2) is 18.2 Å². The van der Waals surface area contributed by atoms with Gasteiger partial charge in [-0.1, -0.05) is 0 Å². The Balaban J connectivity index is 3.07. The fraction of sp³-hybridized carbons (Fsp3) is 0.250. The smallest absolute Gasteiger partial charge is 0.271 e. The molecular formula is C8H8F4N2. The van der Waals surface area contributed by atoms with Crippen molar-refractivity contribution in [3.8, 4) is 0 Å². The summed E-state index contributed by atoms with van der Waals surface area (Å²) < 4.78 is 49.2. The van der Waals surface area contributed by atoms with Crippen molar-refractivity contribution in [1.82, 2.24) is 5.43 Å². The monoisotopic (exact) mass is 208 g/mol. The van der Waals surface area contributed by atoms with Crippen LogP contribution in [0.3, 0.4) is 0 Å². The van der Waals surface area contributed by atoms with E-state index in [-0.39, 0.29) is 12.1 Å². The lowest BCUT2D eigenvalue weighted by molar-refractivity contribution is -0.137. The Morgan fingerprint density at radius 3 is 2.36 bits per heavy atom. The predicted octanol–water partition coefficient (Wildman–Crippen LogP) is 1.81. The first-order valence-electron chi connectivity index (χ1n) is 3.73. The van der Waals surface area contributed by atoms with Gasteiger partial charge in [0.05, 0.1) is 5.56 Å². The van der Waals surface area contributed by atoms with Gasteiger partial charge in [0.25, 0.3) is 0 Å². The second kappa shape index (κ2) is 3.93. The minimum Gasteiger partial charge on any atom is -0.271 e. The SMILES string of the molecule is NNCc1cc(F)cc(C(F)(F)F)c1. The molecule has 6 heteroatoms. The van der Waals surface area contributed by atoms with Crippen molar-refractivity contribution in [1.29, 1.82) is 0 Å². The Morgan fingerprint density at radius 1 is 1.21 bits per heavy atom. The minimum atomic E-state index is -4.54. The van der Waals surface area contributed by atoms with Gasteiger partial charge in [-0.15, -0.1) is 0 Å². The van der Waals surface area contributed by atoms with Gasteiger partial charge in [-0.25, -0.2) is 4.39 Å². The summed E-state index contributed by atoms with van der Waals surface area (Å²) in [6.07, 6.45) is -4.54. The van der Waals surface area contributed by atoms with Gasteiger partial charge >= 0.3 is 6.18 Å². The van der Waals surface area contributed by atoms with Crippen LogP contribution < -0.4 is 11.3 Å². The number of halogens is 4. The van der Waals surface area contributed by atoms with E-state index in [1.807, 2.05) is 0 Å². The topological polar surface area (TPSA) is 38.0 Å². The molecule has 0 radical (unpaired) electrons. The van der Waals surface area contributed by atoms with Crippen LogP contribution in [0.5, 0.6) is 0 Å². The summed E-state index contributed by atoms with van der Waals surface area (Å²) in [7, 11) is 0.